The predicted molar refractivity (Wildman–Crippen MR) is 37.8 cm³/mol. The molecule has 0 aromatic heterocycles. The minimum atomic E-state index is 0.579. The van der Waals surface area contributed by atoms with Gasteiger partial charge in [0.05, 0.1) is 27.7 Å². The van der Waals surface area contributed by atoms with Crippen molar-refractivity contribution in [3.05, 3.63) is 0 Å². The lowest BCUT2D eigenvalue weighted by Gasteiger charge is -2.22. The fraction of sp³-hybridized carbons (Fsp3) is 0.857. The van der Waals surface area contributed by atoms with Crippen LogP contribution in [-0.4, -0.2) is 38.5 Å². The van der Waals surface area contributed by atoms with Crippen LogP contribution in [0.15, 0.2) is 0 Å². The van der Waals surface area contributed by atoms with Crippen molar-refractivity contribution in [2.45, 2.75) is 12.8 Å². The fourth-order valence-electron chi connectivity index (χ4n) is 0.626. The smallest absolute Gasteiger partial charge is 0.198 e. The largest absolute Gasteiger partial charge is 0.331 e. The van der Waals surface area contributed by atoms with Gasteiger partial charge in [0.1, 0.15) is 0 Å². The van der Waals surface area contributed by atoms with Gasteiger partial charge in [-0.2, -0.15) is 0 Å². The fourth-order valence-corrected chi connectivity index (χ4v) is 0.626. The highest BCUT2D eigenvalue weighted by Crippen LogP contribution is 1.94. The average Bonchev–Trinajstić information content (AvgIpc) is 1.63. The average molecular weight is 129 g/mol. The summed E-state index contributed by atoms with van der Waals surface area (Å²) in [4.78, 5) is 9.76. The van der Waals surface area contributed by atoms with Crippen molar-refractivity contribution >= 4 is 6.29 Å². The standard InChI is InChI=1S/C7H15NO/c1-8(2,3)6-4-5-7-9/h4-6H2,1-3H3/q+1. The van der Waals surface area contributed by atoms with Gasteiger partial charge in [-0.1, -0.05) is 0 Å². The van der Waals surface area contributed by atoms with Crippen molar-refractivity contribution in [3.8, 4) is 0 Å². The molecule has 0 amide bonds. The summed E-state index contributed by atoms with van der Waals surface area (Å²) in [6.45, 7) is 1.05. The second-order valence-corrected chi connectivity index (χ2v) is 3.26. The van der Waals surface area contributed by atoms with E-state index < -0.39 is 0 Å². The maximum atomic E-state index is 9.76. The van der Waals surface area contributed by atoms with Crippen molar-refractivity contribution in [3.63, 3.8) is 0 Å². The Balaban J connectivity index is 3.17. The van der Waals surface area contributed by atoms with Crippen LogP contribution in [0.4, 0.5) is 0 Å². The Labute approximate surface area is 57.1 Å². The Bertz CT molecular complexity index is 83.4. The van der Waals surface area contributed by atoms with E-state index in [2.05, 4.69) is 21.1 Å². The highest BCUT2D eigenvalue weighted by molar-refractivity contribution is 5.50. The Kier molecular flexibility index (Phi) is 3.47. The first-order chi connectivity index (χ1) is 4.06. The molecule has 0 N–H and O–H groups in total. The summed E-state index contributed by atoms with van der Waals surface area (Å²) in [6, 6.07) is 0. The van der Waals surface area contributed by atoms with E-state index in [4.69, 9.17) is 0 Å². The minimum absolute atomic E-state index is 0.579. The third-order valence-electron chi connectivity index (χ3n) is 1.11. The maximum Gasteiger partial charge on any atom is 0.198 e. The molecule has 0 aliphatic rings. The molecule has 0 spiro atoms. The molecule has 0 bridgehead atoms. The number of rotatable bonds is 4. The molecule has 0 fully saturated rings. The Hall–Kier alpha value is -0.370. The number of quaternary nitrogens is 1. The van der Waals surface area contributed by atoms with E-state index in [9.17, 15) is 4.79 Å². The second kappa shape index (κ2) is 3.62. The summed E-state index contributed by atoms with van der Waals surface area (Å²) in [5.74, 6) is 0. The SMILES string of the molecule is C[N+](C)(C)CCC[C]=O. The van der Waals surface area contributed by atoms with Crippen LogP contribution in [-0.2, 0) is 4.79 Å². The van der Waals surface area contributed by atoms with Gasteiger partial charge in [0.2, 0.25) is 0 Å². The van der Waals surface area contributed by atoms with Crippen LogP contribution in [0.2, 0.25) is 0 Å². The first-order valence-electron chi connectivity index (χ1n) is 3.22. The summed E-state index contributed by atoms with van der Waals surface area (Å²) >= 11 is 0. The van der Waals surface area contributed by atoms with Crippen LogP contribution < -0.4 is 0 Å². The van der Waals surface area contributed by atoms with E-state index in [-0.39, 0.29) is 0 Å². The van der Waals surface area contributed by atoms with E-state index >= 15 is 0 Å². The van der Waals surface area contributed by atoms with Crippen LogP contribution >= 0.6 is 0 Å². The molecule has 1 radical (unpaired) electrons. The normalized spacial score (nSPS) is 11.4. The molecule has 2 nitrogen and oxygen atoms in total. The first kappa shape index (κ1) is 8.63. The van der Waals surface area contributed by atoms with E-state index in [1.807, 2.05) is 6.29 Å². The molecule has 53 valence electrons. The van der Waals surface area contributed by atoms with Crippen molar-refractivity contribution in [2.24, 2.45) is 0 Å². The lowest BCUT2D eigenvalue weighted by atomic mass is 10.3. The van der Waals surface area contributed by atoms with Crippen molar-refractivity contribution in [2.75, 3.05) is 27.7 Å². The molecule has 2 heteroatoms. The first-order valence-corrected chi connectivity index (χ1v) is 3.22. The molecule has 0 aromatic carbocycles. The summed E-state index contributed by atoms with van der Waals surface area (Å²) in [5.41, 5.74) is 0. The molecule has 0 aliphatic carbocycles. The summed E-state index contributed by atoms with van der Waals surface area (Å²) in [7, 11) is 6.35. The molecule has 0 saturated heterocycles. The minimum Gasteiger partial charge on any atom is -0.331 e. The molecule has 0 unspecified atom stereocenters. The third-order valence-corrected chi connectivity index (χ3v) is 1.11. The Morgan fingerprint density at radius 1 is 1.33 bits per heavy atom. The van der Waals surface area contributed by atoms with Gasteiger partial charge in [0.15, 0.2) is 6.29 Å². The summed E-state index contributed by atoms with van der Waals surface area (Å²) in [5, 5.41) is 0. The Morgan fingerprint density at radius 3 is 2.22 bits per heavy atom. The van der Waals surface area contributed by atoms with E-state index in [1.54, 1.807) is 0 Å². The quantitative estimate of drug-likeness (QED) is 0.401. The predicted octanol–water partition coefficient (Wildman–Crippen LogP) is 0.583. The Morgan fingerprint density at radius 2 is 1.89 bits per heavy atom. The zero-order valence-electron chi connectivity index (χ0n) is 6.48. The summed E-state index contributed by atoms with van der Waals surface area (Å²) < 4.78 is 0.932. The number of hydrogen-bond acceptors (Lipinski definition) is 1. The van der Waals surface area contributed by atoms with Crippen LogP contribution in [0.5, 0.6) is 0 Å². The molecule has 0 saturated carbocycles. The molecule has 0 aromatic rings. The van der Waals surface area contributed by atoms with Gasteiger partial charge in [-0.15, -0.1) is 0 Å². The summed E-state index contributed by atoms with van der Waals surface area (Å²) in [6.07, 6.45) is 3.41. The zero-order chi connectivity index (χ0) is 7.33. The van der Waals surface area contributed by atoms with Gasteiger partial charge in [-0.25, -0.2) is 0 Å². The monoisotopic (exact) mass is 129 g/mol. The van der Waals surface area contributed by atoms with Gasteiger partial charge < -0.3 is 4.48 Å². The van der Waals surface area contributed by atoms with E-state index in [1.165, 1.54) is 0 Å². The van der Waals surface area contributed by atoms with Crippen LogP contribution in [0.25, 0.3) is 0 Å². The van der Waals surface area contributed by atoms with Gasteiger partial charge in [0.25, 0.3) is 0 Å². The molecule has 0 heterocycles. The lowest BCUT2D eigenvalue weighted by molar-refractivity contribution is -0.870. The highest BCUT2D eigenvalue weighted by Gasteiger charge is 2.04. The van der Waals surface area contributed by atoms with Crippen LogP contribution in [0.1, 0.15) is 12.8 Å². The van der Waals surface area contributed by atoms with Gasteiger partial charge in [-0.05, 0) is 0 Å². The van der Waals surface area contributed by atoms with E-state index in [0.717, 1.165) is 17.4 Å². The molecule has 0 rings (SSSR count). The lowest BCUT2D eigenvalue weighted by Crippen LogP contribution is -2.35. The maximum absolute atomic E-state index is 9.76. The molecular weight excluding hydrogens is 114 g/mol. The van der Waals surface area contributed by atoms with Crippen molar-refractivity contribution in [1.29, 1.82) is 0 Å². The number of nitrogens with zero attached hydrogens (tertiary/aromatic N) is 1. The molecular formula is C7H15NO+. The topological polar surface area (TPSA) is 17.1 Å². The van der Waals surface area contributed by atoms with Crippen molar-refractivity contribution in [1.82, 2.24) is 0 Å². The number of carbonyl (C=O) groups excluding carboxylic acids is 1. The van der Waals surface area contributed by atoms with Gasteiger partial charge in [0, 0.05) is 12.8 Å². The van der Waals surface area contributed by atoms with Crippen molar-refractivity contribution < 1.29 is 9.28 Å². The van der Waals surface area contributed by atoms with Gasteiger partial charge >= 0.3 is 0 Å². The van der Waals surface area contributed by atoms with Crippen LogP contribution in [0, 0.1) is 0 Å². The molecule has 0 atom stereocenters. The molecule has 9 heavy (non-hydrogen) atoms. The van der Waals surface area contributed by atoms with E-state index in [0.29, 0.717) is 6.42 Å². The zero-order valence-corrected chi connectivity index (χ0v) is 6.48. The second-order valence-electron chi connectivity index (χ2n) is 3.26. The number of unbranched alkanes of at least 4 members (excludes halogenated alkanes) is 1. The highest BCUT2D eigenvalue weighted by atomic mass is 16.1. The van der Waals surface area contributed by atoms with Crippen LogP contribution in [0.3, 0.4) is 0 Å². The van der Waals surface area contributed by atoms with Gasteiger partial charge in [-0.3, -0.25) is 4.79 Å². The molecule has 0 aliphatic heterocycles. The number of hydrogen-bond donors (Lipinski definition) is 0. The third kappa shape index (κ3) is 7.63.